The molecule has 1 fully saturated rings. The highest BCUT2D eigenvalue weighted by molar-refractivity contribution is 7.10. The SMILES string of the molecule is O=C(c1cccc(Cl)c1)N(CC(=O)N1CCc2sccc2C1COc1ccc(F)cc1)CC1CC1. The first-order chi connectivity index (χ1) is 17.0. The molecule has 0 saturated heterocycles. The summed E-state index contributed by atoms with van der Waals surface area (Å²) in [6.45, 7) is 1.39. The van der Waals surface area contributed by atoms with Gasteiger partial charge in [-0.15, -0.1) is 11.3 Å². The van der Waals surface area contributed by atoms with Crippen LogP contribution in [0.3, 0.4) is 0 Å². The fourth-order valence-electron chi connectivity index (χ4n) is 4.47. The van der Waals surface area contributed by atoms with Crippen LogP contribution in [0.25, 0.3) is 0 Å². The lowest BCUT2D eigenvalue weighted by molar-refractivity contribution is -0.135. The van der Waals surface area contributed by atoms with Gasteiger partial charge >= 0.3 is 0 Å². The second-order valence-electron chi connectivity index (χ2n) is 9.06. The molecule has 8 heteroatoms. The van der Waals surface area contributed by atoms with Crippen LogP contribution < -0.4 is 4.74 Å². The largest absolute Gasteiger partial charge is 0.491 e. The Morgan fingerprint density at radius 1 is 1.14 bits per heavy atom. The quantitative estimate of drug-likeness (QED) is 0.395. The van der Waals surface area contributed by atoms with Crippen LogP contribution in [0, 0.1) is 11.7 Å². The van der Waals surface area contributed by atoms with Gasteiger partial charge in [0.25, 0.3) is 5.91 Å². The zero-order valence-corrected chi connectivity index (χ0v) is 20.7. The molecule has 0 N–H and O–H groups in total. The highest BCUT2D eigenvalue weighted by atomic mass is 35.5. The summed E-state index contributed by atoms with van der Waals surface area (Å²) in [4.78, 5) is 31.6. The molecule has 5 nitrogen and oxygen atoms in total. The van der Waals surface area contributed by atoms with Crippen LogP contribution in [-0.2, 0) is 11.2 Å². The lowest BCUT2D eigenvalue weighted by Gasteiger charge is -2.37. The van der Waals surface area contributed by atoms with E-state index in [1.165, 1.54) is 17.0 Å². The molecule has 0 radical (unpaired) electrons. The van der Waals surface area contributed by atoms with Crippen molar-refractivity contribution >= 4 is 34.8 Å². The fraction of sp³-hybridized carbons (Fsp3) is 0.333. The van der Waals surface area contributed by atoms with Crippen molar-refractivity contribution in [3.63, 3.8) is 0 Å². The second-order valence-corrected chi connectivity index (χ2v) is 10.5. The Bertz CT molecular complexity index is 1210. The number of carbonyl (C=O) groups is 2. The average Bonchev–Trinajstić information content (AvgIpc) is 3.54. The topological polar surface area (TPSA) is 49.9 Å². The minimum atomic E-state index is -0.327. The Kier molecular flexibility index (Phi) is 7.07. The van der Waals surface area contributed by atoms with Crippen LogP contribution in [0.15, 0.2) is 60.0 Å². The van der Waals surface area contributed by atoms with Gasteiger partial charge in [-0.25, -0.2) is 4.39 Å². The molecule has 1 unspecified atom stereocenters. The van der Waals surface area contributed by atoms with Crippen molar-refractivity contribution in [1.29, 1.82) is 0 Å². The average molecular weight is 513 g/mol. The van der Waals surface area contributed by atoms with Crippen molar-refractivity contribution < 1.29 is 18.7 Å². The summed E-state index contributed by atoms with van der Waals surface area (Å²) in [5.41, 5.74) is 1.56. The van der Waals surface area contributed by atoms with Crippen LogP contribution in [0.1, 0.15) is 39.7 Å². The van der Waals surface area contributed by atoms with Gasteiger partial charge in [0, 0.05) is 28.6 Å². The van der Waals surface area contributed by atoms with Gasteiger partial charge in [-0.3, -0.25) is 9.59 Å². The van der Waals surface area contributed by atoms with Crippen LogP contribution >= 0.6 is 22.9 Å². The van der Waals surface area contributed by atoms with Crippen LogP contribution in [0.2, 0.25) is 5.02 Å². The van der Waals surface area contributed by atoms with E-state index in [2.05, 4.69) is 0 Å². The maximum absolute atomic E-state index is 13.6. The number of ether oxygens (including phenoxy) is 1. The molecule has 1 aromatic heterocycles. The highest BCUT2D eigenvalue weighted by Gasteiger charge is 2.35. The Morgan fingerprint density at radius 3 is 2.69 bits per heavy atom. The van der Waals surface area contributed by atoms with Crippen molar-refractivity contribution in [2.24, 2.45) is 5.92 Å². The predicted octanol–water partition coefficient (Wildman–Crippen LogP) is 5.60. The van der Waals surface area contributed by atoms with Gasteiger partial charge in [0.2, 0.25) is 5.91 Å². The molecule has 5 rings (SSSR count). The molecule has 2 amide bonds. The smallest absolute Gasteiger partial charge is 0.254 e. The molecule has 2 aliphatic rings. The summed E-state index contributed by atoms with van der Waals surface area (Å²) in [5, 5.41) is 2.53. The van der Waals surface area contributed by atoms with E-state index in [1.807, 2.05) is 16.3 Å². The number of fused-ring (bicyclic) bond motifs is 1. The first-order valence-electron chi connectivity index (χ1n) is 11.8. The Balaban J connectivity index is 1.34. The molecule has 1 aliphatic heterocycles. The molecule has 0 spiro atoms. The number of carbonyl (C=O) groups excluding carboxylic acids is 2. The van der Waals surface area contributed by atoms with Gasteiger partial charge in [0.15, 0.2) is 0 Å². The molecule has 3 aromatic rings. The molecule has 1 aliphatic carbocycles. The van der Waals surface area contributed by atoms with E-state index in [0.29, 0.717) is 35.3 Å². The molecule has 2 aromatic carbocycles. The second kappa shape index (κ2) is 10.4. The lowest BCUT2D eigenvalue weighted by Crippen LogP contribution is -2.48. The third kappa shape index (κ3) is 5.68. The number of rotatable bonds is 8. The van der Waals surface area contributed by atoms with Crippen LogP contribution in [0.4, 0.5) is 4.39 Å². The summed E-state index contributed by atoms with van der Waals surface area (Å²) in [6.07, 6.45) is 2.92. The third-order valence-corrected chi connectivity index (χ3v) is 7.73. The lowest BCUT2D eigenvalue weighted by atomic mass is 10.0. The van der Waals surface area contributed by atoms with Crippen molar-refractivity contribution in [2.45, 2.75) is 25.3 Å². The van der Waals surface area contributed by atoms with E-state index in [9.17, 15) is 14.0 Å². The van der Waals surface area contributed by atoms with Crippen molar-refractivity contribution in [1.82, 2.24) is 9.80 Å². The van der Waals surface area contributed by atoms with Gasteiger partial charge < -0.3 is 14.5 Å². The van der Waals surface area contributed by atoms with E-state index >= 15 is 0 Å². The first kappa shape index (κ1) is 23.8. The number of hydrogen-bond acceptors (Lipinski definition) is 4. The third-order valence-electron chi connectivity index (χ3n) is 6.50. The molecular formula is C27H26ClFN2O3S. The molecule has 1 atom stereocenters. The number of amides is 2. The monoisotopic (exact) mass is 512 g/mol. The van der Waals surface area contributed by atoms with E-state index in [1.54, 1.807) is 52.6 Å². The minimum absolute atomic E-state index is 0.00830. The molecule has 0 bridgehead atoms. The van der Waals surface area contributed by atoms with E-state index < -0.39 is 0 Å². The highest BCUT2D eigenvalue weighted by Crippen LogP contribution is 2.35. The Labute approximate surface area is 213 Å². The van der Waals surface area contributed by atoms with Gasteiger partial charge in [0.1, 0.15) is 24.7 Å². The van der Waals surface area contributed by atoms with E-state index in [0.717, 1.165) is 24.8 Å². The van der Waals surface area contributed by atoms with Gasteiger partial charge in [-0.2, -0.15) is 0 Å². The summed E-state index contributed by atoms with van der Waals surface area (Å²) in [5.74, 6) is 0.374. The van der Waals surface area contributed by atoms with Crippen LogP contribution in [0.5, 0.6) is 5.75 Å². The number of hydrogen-bond donors (Lipinski definition) is 0. The summed E-state index contributed by atoms with van der Waals surface area (Å²) in [6, 6.07) is 14.5. The van der Waals surface area contributed by atoms with E-state index in [4.69, 9.17) is 16.3 Å². The summed E-state index contributed by atoms with van der Waals surface area (Å²) in [7, 11) is 0. The van der Waals surface area contributed by atoms with Crippen LogP contribution in [-0.4, -0.2) is 47.9 Å². The maximum atomic E-state index is 13.6. The predicted molar refractivity (Wildman–Crippen MR) is 134 cm³/mol. The zero-order chi connectivity index (χ0) is 24.4. The fourth-order valence-corrected chi connectivity index (χ4v) is 5.59. The Morgan fingerprint density at radius 2 is 1.94 bits per heavy atom. The number of thiophene rings is 1. The standard InChI is InChI=1S/C27H26ClFN2O3S/c28-20-3-1-2-19(14-20)27(33)30(15-18-4-5-18)16-26(32)31-12-10-25-23(11-13-35-25)24(31)17-34-22-8-6-21(29)7-9-22/h1-3,6-9,11,13-14,18,24H,4-5,10,12,15-17H2. The van der Waals surface area contributed by atoms with Gasteiger partial charge in [-0.05, 0) is 84.7 Å². The number of nitrogens with zero attached hydrogens (tertiary/aromatic N) is 2. The normalized spacial score (nSPS) is 17.1. The number of halogens is 2. The molecule has 182 valence electrons. The minimum Gasteiger partial charge on any atom is -0.491 e. The zero-order valence-electron chi connectivity index (χ0n) is 19.2. The molecule has 2 heterocycles. The van der Waals surface area contributed by atoms with Gasteiger partial charge in [-0.1, -0.05) is 17.7 Å². The maximum Gasteiger partial charge on any atom is 0.254 e. The molecule has 35 heavy (non-hydrogen) atoms. The summed E-state index contributed by atoms with van der Waals surface area (Å²) >= 11 is 7.79. The first-order valence-corrected chi connectivity index (χ1v) is 13.0. The van der Waals surface area contributed by atoms with Crippen molar-refractivity contribution in [3.05, 3.63) is 86.8 Å². The van der Waals surface area contributed by atoms with Crippen molar-refractivity contribution in [3.8, 4) is 5.75 Å². The molecule has 1 saturated carbocycles. The number of benzene rings is 2. The Hall–Kier alpha value is -2.90. The van der Waals surface area contributed by atoms with E-state index in [-0.39, 0.29) is 36.8 Å². The molecular weight excluding hydrogens is 487 g/mol. The summed E-state index contributed by atoms with van der Waals surface area (Å²) < 4.78 is 19.3. The van der Waals surface area contributed by atoms with Crippen molar-refractivity contribution in [2.75, 3.05) is 26.2 Å². The van der Waals surface area contributed by atoms with Gasteiger partial charge in [0.05, 0.1) is 6.04 Å².